The lowest BCUT2D eigenvalue weighted by Crippen LogP contribution is -2.16. The molecule has 0 saturated heterocycles. The largest absolute Gasteiger partial charge is 0.493 e. The topological polar surface area (TPSA) is 64.6 Å². The van der Waals surface area contributed by atoms with Crippen LogP contribution in [0.3, 0.4) is 0 Å². The van der Waals surface area contributed by atoms with Gasteiger partial charge in [-0.2, -0.15) is 0 Å². The summed E-state index contributed by atoms with van der Waals surface area (Å²) in [7, 11) is 0. The molecule has 0 bridgehead atoms. The SMILES string of the molecule is CCCOc1ccccc1C(=O)Nc1sc2c(c1C(=O)OCC)CCC2. The summed E-state index contributed by atoms with van der Waals surface area (Å²) in [6, 6.07) is 7.15. The number of hydrogen-bond acceptors (Lipinski definition) is 5. The van der Waals surface area contributed by atoms with E-state index in [0.29, 0.717) is 35.1 Å². The summed E-state index contributed by atoms with van der Waals surface area (Å²) >= 11 is 1.48. The number of nitrogens with one attached hydrogen (secondary N) is 1. The van der Waals surface area contributed by atoms with Crippen LogP contribution >= 0.6 is 11.3 Å². The number of carbonyl (C=O) groups excluding carboxylic acids is 2. The van der Waals surface area contributed by atoms with Crippen LogP contribution in [0.2, 0.25) is 0 Å². The van der Waals surface area contributed by atoms with E-state index in [0.717, 1.165) is 31.2 Å². The third-order valence-corrected chi connectivity index (χ3v) is 5.43. The summed E-state index contributed by atoms with van der Waals surface area (Å²) in [6.45, 7) is 4.65. The van der Waals surface area contributed by atoms with Crippen molar-refractivity contribution in [3.8, 4) is 5.75 Å². The van der Waals surface area contributed by atoms with E-state index in [1.165, 1.54) is 16.2 Å². The number of thiophene rings is 1. The molecule has 0 fully saturated rings. The molecule has 2 aromatic rings. The molecule has 1 aliphatic carbocycles. The zero-order chi connectivity index (χ0) is 18.5. The Morgan fingerprint density at radius 2 is 2.00 bits per heavy atom. The summed E-state index contributed by atoms with van der Waals surface area (Å²) in [5.74, 6) is -0.0893. The van der Waals surface area contributed by atoms with E-state index >= 15 is 0 Å². The van der Waals surface area contributed by atoms with Crippen molar-refractivity contribution in [1.82, 2.24) is 0 Å². The number of fused-ring (bicyclic) bond motifs is 1. The standard InChI is InChI=1S/C20H23NO4S/c1-3-12-25-15-10-6-5-8-13(15)18(22)21-19-17(20(23)24-4-2)14-9-7-11-16(14)26-19/h5-6,8,10H,3-4,7,9,11-12H2,1-2H3,(H,21,22). The van der Waals surface area contributed by atoms with Crippen LogP contribution in [0, 0.1) is 0 Å². The molecule has 1 amide bonds. The van der Waals surface area contributed by atoms with E-state index in [-0.39, 0.29) is 11.9 Å². The molecule has 0 saturated carbocycles. The number of anilines is 1. The Kier molecular flexibility index (Phi) is 5.93. The smallest absolute Gasteiger partial charge is 0.341 e. The average Bonchev–Trinajstić information content (AvgIpc) is 3.20. The van der Waals surface area contributed by atoms with Gasteiger partial charge in [0.1, 0.15) is 10.8 Å². The van der Waals surface area contributed by atoms with Crippen molar-refractivity contribution in [2.75, 3.05) is 18.5 Å². The molecule has 138 valence electrons. The second-order valence-electron chi connectivity index (χ2n) is 6.08. The highest BCUT2D eigenvalue weighted by Gasteiger charge is 2.28. The molecule has 6 heteroatoms. The Labute approximate surface area is 157 Å². The molecule has 1 aliphatic rings. The number of rotatable bonds is 7. The number of benzene rings is 1. The molecule has 1 heterocycles. The Bertz CT molecular complexity index is 812. The fourth-order valence-electron chi connectivity index (χ4n) is 3.07. The van der Waals surface area contributed by atoms with Gasteiger partial charge in [-0.05, 0) is 50.3 Å². The maximum Gasteiger partial charge on any atom is 0.341 e. The van der Waals surface area contributed by atoms with Gasteiger partial charge in [0.2, 0.25) is 0 Å². The van der Waals surface area contributed by atoms with Gasteiger partial charge < -0.3 is 14.8 Å². The summed E-state index contributed by atoms with van der Waals surface area (Å²) in [5.41, 5.74) is 2.01. The second kappa shape index (κ2) is 8.36. The molecule has 0 aliphatic heterocycles. The number of carbonyl (C=O) groups is 2. The van der Waals surface area contributed by atoms with Crippen LogP contribution in [-0.4, -0.2) is 25.1 Å². The van der Waals surface area contributed by atoms with E-state index in [4.69, 9.17) is 9.47 Å². The minimum atomic E-state index is -0.363. The monoisotopic (exact) mass is 373 g/mol. The van der Waals surface area contributed by atoms with Crippen LogP contribution in [-0.2, 0) is 17.6 Å². The number of aryl methyl sites for hydroxylation is 1. The van der Waals surface area contributed by atoms with Crippen molar-refractivity contribution in [2.24, 2.45) is 0 Å². The van der Waals surface area contributed by atoms with Crippen LogP contribution in [0.15, 0.2) is 24.3 Å². The first kappa shape index (κ1) is 18.5. The third kappa shape index (κ3) is 3.75. The highest BCUT2D eigenvalue weighted by molar-refractivity contribution is 7.17. The Morgan fingerprint density at radius 1 is 1.19 bits per heavy atom. The molecule has 0 unspecified atom stereocenters. The van der Waals surface area contributed by atoms with Crippen molar-refractivity contribution in [3.63, 3.8) is 0 Å². The Hall–Kier alpha value is -2.34. The van der Waals surface area contributed by atoms with Crippen LogP contribution < -0.4 is 10.1 Å². The van der Waals surface area contributed by atoms with Crippen molar-refractivity contribution in [2.45, 2.75) is 39.5 Å². The van der Waals surface area contributed by atoms with E-state index in [2.05, 4.69) is 5.32 Å². The highest BCUT2D eigenvalue weighted by Crippen LogP contribution is 2.40. The average molecular weight is 373 g/mol. The van der Waals surface area contributed by atoms with Gasteiger partial charge in [0.15, 0.2) is 0 Å². The third-order valence-electron chi connectivity index (χ3n) is 4.22. The summed E-state index contributed by atoms with van der Waals surface area (Å²) in [4.78, 5) is 26.4. The minimum absolute atomic E-state index is 0.276. The van der Waals surface area contributed by atoms with Crippen molar-refractivity contribution in [3.05, 3.63) is 45.8 Å². The molecule has 0 atom stereocenters. The van der Waals surface area contributed by atoms with Crippen molar-refractivity contribution < 1.29 is 19.1 Å². The first-order valence-corrected chi connectivity index (χ1v) is 9.82. The highest BCUT2D eigenvalue weighted by atomic mass is 32.1. The first-order valence-electron chi connectivity index (χ1n) is 9.00. The predicted octanol–water partition coefficient (Wildman–Crippen LogP) is 4.45. The van der Waals surface area contributed by atoms with Crippen molar-refractivity contribution in [1.29, 1.82) is 0 Å². The van der Waals surface area contributed by atoms with Gasteiger partial charge in [-0.15, -0.1) is 11.3 Å². The predicted molar refractivity (Wildman–Crippen MR) is 102 cm³/mol. The van der Waals surface area contributed by atoms with Gasteiger partial charge in [-0.3, -0.25) is 4.79 Å². The lowest BCUT2D eigenvalue weighted by Gasteiger charge is -2.11. The lowest BCUT2D eigenvalue weighted by atomic mass is 10.1. The Morgan fingerprint density at radius 3 is 2.77 bits per heavy atom. The van der Waals surface area contributed by atoms with Crippen LogP contribution in [0.25, 0.3) is 0 Å². The summed E-state index contributed by atoms with van der Waals surface area (Å²) < 4.78 is 10.9. The molecule has 1 aromatic carbocycles. The van der Waals surface area contributed by atoms with E-state index < -0.39 is 0 Å². The molecule has 26 heavy (non-hydrogen) atoms. The number of ether oxygens (including phenoxy) is 2. The Balaban J connectivity index is 1.88. The number of hydrogen-bond donors (Lipinski definition) is 1. The van der Waals surface area contributed by atoms with Gasteiger partial charge in [-0.1, -0.05) is 19.1 Å². The van der Waals surface area contributed by atoms with E-state index in [9.17, 15) is 9.59 Å². The van der Waals surface area contributed by atoms with E-state index in [1.54, 1.807) is 25.1 Å². The van der Waals surface area contributed by atoms with Gasteiger partial charge in [0, 0.05) is 4.88 Å². The summed E-state index contributed by atoms with van der Waals surface area (Å²) in [5, 5.41) is 3.48. The fraction of sp³-hybridized carbons (Fsp3) is 0.400. The molecular formula is C20H23NO4S. The quantitative estimate of drug-likeness (QED) is 0.728. The second-order valence-corrected chi connectivity index (χ2v) is 7.19. The van der Waals surface area contributed by atoms with Crippen LogP contribution in [0.4, 0.5) is 5.00 Å². The van der Waals surface area contributed by atoms with Crippen molar-refractivity contribution >= 4 is 28.2 Å². The first-order chi connectivity index (χ1) is 12.7. The molecule has 0 radical (unpaired) electrons. The molecule has 1 N–H and O–H groups in total. The van der Waals surface area contributed by atoms with Gasteiger partial charge in [0.25, 0.3) is 5.91 Å². The maximum atomic E-state index is 12.8. The summed E-state index contributed by atoms with van der Waals surface area (Å²) in [6.07, 6.45) is 3.70. The van der Waals surface area contributed by atoms with Gasteiger partial charge in [0.05, 0.1) is 24.3 Å². The normalized spacial score (nSPS) is 12.5. The number of para-hydroxylation sites is 1. The number of esters is 1. The van der Waals surface area contributed by atoms with Crippen LogP contribution in [0.1, 0.15) is 57.8 Å². The molecule has 3 rings (SSSR count). The fourth-order valence-corrected chi connectivity index (χ4v) is 4.35. The van der Waals surface area contributed by atoms with Gasteiger partial charge >= 0.3 is 5.97 Å². The van der Waals surface area contributed by atoms with E-state index in [1.807, 2.05) is 13.0 Å². The molecular weight excluding hydrogens is 350 g/mol. The maximum absolute atomic E-state index is 12.8. The lowest BCUT2D eigenvalue weighted by molar-refractivity contribution is 0.0527. The molecule has 5 nitrogen and oxygen atoms in total. The zero-order valence-corrected chi connectivity index (χ0v) is 15.9. The molecule has 0 spiro atoms. The zero-order valence-electron chi connectivity index (χ0n) is 15.1. The van der Waals surface area contributed by atoms with Crippen LogP contribution in [0.5, 0.6) is 5.75 Å². The molecule has 1 aromatic heterocycles. The van der Waals surface area contributed by atoms with Gasteiger partial charge in [-0.25, -0.2) is 4.79 Å². The minimum Gasteiger partial charge on any atom is -0.493 e. The number of amides is 1.